The molecular weight excluding hydrogens is 258 g/mol. The smallest absolute Gasteiger partial charge is 0.305 e. The zero-order chi connectivity index (χ0) is 14.2. The van der Waals surface area contributed by atoms with E-state index >= 15 is 0 Å². The summed E-state index contributed by atoms with van der Waals surface area (Å²) in [6.45, 7) is 1.85. The lowest BCUT2D eigenvalue weighted by Crippen LogP contribution is -2.42. The Balaban J connectivity index is 4.13. The number of nitrogens with one attached hydrogen (secondary N) is 1. The number of carbonyl (C=O) groups is 3. The van der Waals surface area contributed by atoms with Crippen LogP contribution in [0.15, 0.2) is 0 Å². The molecule has 0 saturated carbocycles. The Morgan fingerprint density at radius 3 is 2.44 bits per heavy atom. The molecule has 7 heteroatoms. The van der Waals surface area contributed by atoms with E-state index in [0.29, 0.717) is 13.0 Å². The van der Waals surface area contributed by atoms with Crippen molar-refractivity contribution in [2.75, 3.05) is 19.4 Å². The van der Waals surface area contributed by atoms with Crippen LogP contribution in [0, 0.1) is 5.41 Å². The third-order valence-electron chi connectivity index (χ3n) is 2.51. The van der Waals surface area contributed by atoms with E-state index < -0.39 is 11.4 Å². The van der Waals surface area contributed by atoms with Gasteiger partial charge in [0.2, 0.25) is 5.91 Å². The van der Waals surface area contributed by atoms with Crippen molar-refractivity contribution in [2.24, 2.45) is 5.41 Å². The molecule has 0 aliphatic rings. The molecule has 0 rings (SSSR count). The fourth-order valence-electron chi connectivity index (χ4n) is 1.29. The molecule has 1 atom stereocenters. The summed E-state index contributed by atoms with van der Waals surface area (Å²) in [4.78, 5) is 33.3. The highest BCUT2D eigenvalue weighted by molar-refractivity contribution is 7.80. The number of rotatable bonds is 8. The van der Waals surface area contributed by atoms with Crippen LogP contribution < -0.4 is 5.32 Å². The van der Waals surface area contributed by atoms with E-state index in [1.54, 1.807) is 6.92 Å². The molecule has 0 aromatic rings. The highest BCUT2D eigenvalue weighted by Gasteiger charge is 2.34. The summed E-state index contributed by atoms with van der Waals surface area (Å²) in [7, 11) is 1.30. The van der Waals surface area contributed by atoms with E-state index in [2.05, 4.69) is 22.7 Å². The zero-order valence-electron chi connectivity index (χ0n) is 10.6. The monoisotopic (exact) mass is 277 g/mol. The quantitative estimate of drug-likeness (QED) is 0.341. The molecule has 0 aromatic heterocycles. The Kier molecular flexibility index (Phi) is 7.42. The van der Waals surface area contributed by atoms with Crippen molar-refractivity contribution in [1.29, 1.82) is 0 Å². The first-order valence-electron chi connectivity index (χ1n) is 5.53. The first kappa shape index (κ1) is 16.8. The number of hydrogen-bond acceptors (Lipinski definition) is 5. The predicted molar refractivity (Wildman–Crippen MR) is 68.5 cm³/mol. The second-order valence-corrected chi connectivity index (χ2v) is 4.54. The summed E-state index contributed by atoms with van der Waals surface area (Å²) >= 11 is 4.01. The minimum atomic E-state index is -1.05. The Hall–Kier alpha value is -1.24. The van der Waals surface area contributed by atoms with Crippen molar-refractivity contribution in [3.8, 4) is 0 Å². The second kappa shape index (κ2) is 7.97. The van der Waals surface area contributed by atoms with Crippen LogP contribution >= 0.6 is 12.6 Å². The zero-order valence-corrected chi connectivity index (χ0v) is 11.5. The molecule has 0 aliphatic heterocycles. The van der Waals surface area contributed by atoms with Gasteiger partial charge in [-0.15, -0.1) is 0 Å². The molecule has 0 bridgehead atoms. The minimum absolute atomic E-state index is 0.141. The molecule has 0 fully saturated rings. The van der Waals surface area contributed by atoms with E-state index in [0.717, 1.165) is 0 Å². The van der Waals surface area contributed by atoms with Gasteiger partial charge in [-0.2, -0.15) is 12.6 Å². The maximum atomic E-state index is 11.8. The lowest BCUT2D eigenvalue weighted by molar-refractivity contribution is -0.143. The molecule has 18 heavy (non-hydrogen) atoms. The highest BCUT2D eigenvalue weighted by Crippen LogP contribution is 2.23. The van der Waals surface area contributed by atoms with Gasteiger partial charge in [0.15, 0.2) is 0 Å². The van der Waals surface area contributed by atoms with E-state index in [1.165, 1.54) is 7.11 Å². The number of thiol groups is 1. The molecule has 0 unspecified atom stereocenters. The summed E-state index contributed by atoms with van der Waals surface area (Å²) in [5.41, 5.74) is -1.04. The van der Waals surface area contributed by atoms with Crippen molar-refractivity contribution >= 4 is 30.5 Å². The Morgan fingerprint density at radius 2 is 2.00 bits per heavy atom. The summed E-state index contributed by atoms with van der Waals surface area (Å²) in [5, 5.41) is 11.3. The van der Waals surface area contributed by atoms with Gasteiger partial charge in [0.05, 0.1) is 18.9 Å². The number of carboxylic acids is 1. The number of carboxylic acid groups (broad SMARTS) is 1. The average molecular weight is 277 g/mol. The first-order chi connectivity index (χ1) is 8.35. The van der Waals surface area contributed by atoms with E-state index in [-0.39, 0.29) is 30.5 Å². The molecule has 6 nitrogen and oxygen atoms in total. The number of amides is 1. The average Bonchev–Trinajstić information content (AvgIpc) is 2.32. The minimum Gasteiger partial charge on any atom is -0.481 e. The van der Waals surface area contributed by atoms with Crippen LogP contribution in [0.5, 0.6) is 0 Å². The number of esters is 1. The van der Waals surface area contributed by atoms with Gasteiger partial charge in [0.1, 0.15) is 0 Å². The number of carbonyl (C=O) groups excluding carboxylic acids is 2. The van der Waals surface area contributed by atoms with Crippen molar-refractivity contribution in [1.82, 2.24) is 5.32 Å². The highest BCUT2D eigenvalue weighted by atomic mass is 32.1. The van der Waals surface area contributed by atoms with Crippen LogP contribution in [0.25, 0.3) is 0 Å². The maximum Gasteiger partial charge on any atom is 0.305 e. The Morgan fingerprint density at radius 1 is 1.39 bits per heavy atom. The Labute approximate surface area is 111 Å². The SMILES string of the molecule is COC(=O)CCCNC(=O)[C@@](C)(CS)CC(=O)O. The van der Waals surface area contributed by atoms with Crippen LogP contribution in [0.2, 0.25) is 0 Å². The van der Waals surface area contributed by atoms with E-state index in [9.17, 15) is 14.4 Å². The fourth-order valence-corrected chi connectivity index (χ4v) is 1.55. The number of aliphatic carboxylic acids is 1. The molecule has 0 aromatic carbocycles. The molecule has 1 amide bonds. The van der Waals surface area contributed by atoms with Gasteiger partial charge in [-0.05, 0) is 13.3 Å². The molecular formula is C11H19NO5S. The van der Waals surface area contributed by atoms with Crippen LogP contribution in [0.3, 0.4) is 0 Å². The second-order valence-electron chi connectivity index (χ2n) is 4.22. The number of ether oxygens (including phenoxy) is 1. The van der Waals surface area contributed by atoms with Crippen LogP contribution in [-0.4, -0.2) is 42.4 Å². The lowest BCUT2D eigenvalue weighted by Gasteiger charge is -2.24. The van der Waals surface area contributed by atoms with E-state index in [1.807, 2.05) is 0 Å². The van der Waals surface area contributed by atoms with E-state index in [4.69, 9.17) is 5.11 Å². The first-order valence-corrected chi connectivity index (χ1v) is 6.16. The summed E-state index contributed by atoms with van der Waals surface area (Å²) in [5.74, 6) is -1.62. The van der Waals surface area contributed by atoms with Gasteiger partial charge in [0.25, 0.3) is 0 Å². The van der Waals surface area contributed by atoms with Crippen LogP contribution in [0.1, 0.15) is 26.2 Å². The Bertz CT molecular complexity index is 321. The van der Waals surface area contributed by atoms with Gasteiger partial charge < -0.3 is 15.2 Å². The number of hydrogen-bond donors (Lipinski definition) is 3. The van der Waals surface area contributed by atoms with Gasteiger partial charge in [-0.3, -0.25) is 14.4 Å². The van der Waals surface area contributed by atoms with Crippen molar-refractivity contribution in [3.63, 3.8) is 0 Å². The predicted octanol–water partition coefficient (Wildman–Crippen LogP) is 0.467. The van der Waals surface area contributed by atoms with Gasteiger partial charge in [0, 0.05) is 18.7 Å². The van der Waals surface area contributed by atoms with Gasteiger partial charge in [-0.25, -0.2) is 0 Å². The molecule has 2 N–H and O–H groups in total. The summed E-state index contributed by atoms with van der Waals surface area (Å²) < 4.78 is 4.46. The van der Waals surface area contributed by atoms with Crippen molar-refractivity contribution in [2.45, 2.75) is 26.2 Å². The molecule has 0 spiro atoms. The summed E-state index contributed by atoms with van der Waals surface area (Å²) in [6.07, 6.45) is 0.390. The van der Waals surface area contributed by atoms with Crippen molar-refractivity contribution in [3.05, 3.63) is 0 Å². The number of methoxy groups -OCH3 is 1. The standard InChI is InChI=1S/C11H19NO5S/c1-11(7-18,6-8(13)14)10(16)12-5-3-4-9(15)17-2/h18H,3-7H2,1-2H3,(H,12,16)(H,13,14)/t11-/m1/s1. The summed E-state index contributed by atoms with van der Waals surface area (Å²) in [6, 6.07) is 0. The molecule has 0 heterocycles. The normalized spacial score (nSPS) is 13.5. The fraction of sp³-hybridized carbons (Fsp3) is 0.727. The maximum absolute atomic E-state index is 11.8. The third-order valence-corrected chi connectivity index (χ3v) is 3.21. The lowest BCUT2D eigenvalue weighted by atomic mass is 9.88. The van der Waals surface area contributed by atoms with Crippen LogP contribution in [0.4, 0.5) is 0 Å². The molecule has 104 valence electrons. The third kappa shape index (κ3) is 5.90. The van der Waals surface area contributed by atoms with Crippen molar-refractivity contribution < 1.29 is 24.2 Å². The van der Waals surface area contributed by atoms with Crippen LogP contribution in [-0.2, 0) is 19.1 Å². The molecule has 0 saturated heterocycles. The molecule has 0 aliphatic carbocycles. The van der Waals surface area contributed by atoms with Gasteiger partial charge >= 0.3 is 11.9 Å². The topological polar surface area (TPSA) is 92.7 Å². The molecule has 0 radical (unpaired) electrons. The largest absolute Gasteiger partial charge is 0.481 e. The van der Waals surface area contributed by atoms with Gasteiger partial charge in [-0.1, -0.05) is 0 Å².